The van der Waals surface area contributed by atoms with Crippen molar-refractivity contribution in [2.24, 2.45) is 0 Å². The first-order chi connectivity index (χ1) is 39.5. The molecule has 1 unspecified atom stereocenters. The lowest BCUT2D eigenvalue weighted by Gasteiger charge is -2.18. The average molecular weight is 1130 g/mol. The Morgan fingerprint density at radius 3 is 0.500 bits per heavy atom. The zero-order valence-corrected chi connectivity index (χ0v) is 54.9. The second kappa shape index (κ2) is 69.9. The Hall–Kier alpha value is -1.59. The predicted octanol–water partition coefficient (Wildman–Crippen LogP) is 25.4. The molecule has 0 bridgehead atoms. The highest BCUT2D eigenvalue weighted by Crippen LogP contribution is 2.20. The average Bonchev–Trinajstić information content (AvgIpc) is 3.46. The molecule has 0 spiro atoms. The Bertz CT molecular complexity index is 1200. The normalized spacial score (nSPS) is 11.9. The first-order valence-corrected chi connectivity index (χ1v) is 37.0. The molecule has 476 valence electrons. The van der Waals surface area contributed by atoms with Crippen molar-refractivity contribution in [3.63, 3.8) is 0 Å². The van der Waals surface area contributed by atoms with Crippen LogP contribution in [0.1, 0.15) is 438 Å². The number of carbonyl (C=O) groups is 3. The van der Waals surface area contributed by atoms with E-state index in [4.69, 9.17) is 14.2 Å². The maximum absolute atomic E-state index is 12.9. The number of esters is 3. The lowest BCUT2D eigenvalue weighted by atomic mass is 10.0. The van der Waals surface area contributed by atoms with E-state index in [0.29, 0.717) is 19.3 Å². The van der Waals surface area contributed by atoms with E-state index in [9.17, 15) is 14.4 Å². The first-order valence-electron chi connectivity index (χ1n) is 37.0. The van der Waals surface area contributed by atoms with E-state index in [2.05, 4.69) is 20.8 Å². The third-order valence-corrected chi connectivity index (χ3v) is 17.4. The van der Waals surface area contributed by atoms with Gasteiger partial charge in [-0.2, -0.15) is 0 Å². The molecule has 0 heterocycles. The topological polar surface area (TPSA) is 78.9 Å². The van der Waals surface area contributed by atoms with Crippen molar-refractivity contribution in [2.75, 3.05) is 13.2 Å². The van der Waals surface area contributed by atoms with Gasteiger partial charge in [0.15, 0.2) is 6.10 Å². The Kier molecular flexibility index (Phi) is 68.5. The molecule has 80 heavy (non-hydrogen) atoms. The van der Waals surface area contributed by atoms with Crippen LogP contribution in [0.25, 0.3) is 0 Å². The van der Waals surface area contributed by atoms with Gasteiger partial charge in [-0.05, 0) is 19.3 Å². The largest absolute Gasteiger partial charge is 0.462 e. The van der Waals surface area contributed by atoms with Crippen LogP contribution < -0.4 is 0 Å². The molecule has 0 aliphatic carbocycles. The van der Waals surface area contributed by atoms with Crippen LogP contribution in [-0.4, -0.2) is 37.2 Å². The van der Waals surface area contributed by atoms with Gasteiger partial charge in [0.05, 0.1) is 0 Å². The SMILES string of the molecule is CCCCCCCCCCCCCCCCCCCCCCCCCCCCCCCCCC(=O)OCC(COC(=O)CCCCCCCCCCCCCCCC)OC(=O)CCCCCCCCCCCCCCCCCCC. The van der Waals surface area contributed by atoms with Crippen molar-refractivity contribution in [3.05, 3.63) is 0 Å². The minimum Gasteiger partial charge on any atom is -0.462 e. The molecule has 0 N–H and O–H groups in total. The van der Waals surface area contributed by atoms with Crippen LogP contribution in [0.5, 0.6) is 0 Å². The van der Waals surface area contributed by atoms with Crippen molar-refractivity contribution in [3.8, 4) is 0 Å². The van der Waals surface area contributed by atoms with Crippen molar-refractivity contribution >= 4 is 17.9 Å². The maximum Gasteiger partial charge on any atom is 0.306 e. The van der Waals surface area contributed by atoms with Crippen molar-refractivity contribution in [1.29, 1.82) is 0 Å². The van der Waals surface area contributed by atoms with Gasteiger partial charge in [0.2, 0.25) is 0 Å². The Morgan fingerprint density at radius 2 is 0.338 bits per heavy atom. The van der Waals surface area contributed by atoms with Gasteiger partial charge in [0.1, 0.15) is 13.2 Å². The molecule has 0 aromatic carbocycles. The predicted molar refractivity (Wildman–Crippen MR) is 349 cm³/mol. The van der Waals surface area contributed by atoms with Gasteiger partial charge < -0.3 is 14.2 Å². The molecule has 6 heteroatoms. The van der Waals surface area contributed by atoms with Crippen LogP contribution in [-0.2, 0) is 28.6 Å². The molecule has 0 amide bonds. The molecular formula is C74H144O6. The summed E-state index contributed by atoms with van der Waals surface area (Å²) < 4.78 is 17.0. The highest BCUT2D eigenvalue weighted by atomic mass is 16.6. The standard InChI is InChI=1S/C74H144O6/c1-4-7-10-13-16-19-22-25-28-30-31-32-33-34-35-36-37-38-39-40-41-42-43-45-46-49-52-55-58-61-64-67-73(76)79-70-71(69-78-72(75)66-63-60-57-54-51-48-27-24-21-18-15-12-9-6-3)80-74(77)68-65-62-59-56-53-50-47-44-29-26-23-20-17-14-11-8-5-2/h71H,4-70H2,1-3H3. The molecule has 0 saturated carbocycles. The quantitative estimate of drug-likeness (QED) is 0.0343. The van der Waals surface area contributed by atoms with Crippen LogP contribution in [0.3, 0.4) is 0 Å². The number of hydrogen-bond donors (Lipinski definition) is 0. The number of rotatable bonds is 70. The lowest BCUT2D eigenvalue weighted by molar-refractivity contribution is -0.167. The van der Waals surface area contributed by atoms with E-state index in [0.717, 1.165) is 57.8 Å². The van der Waals surface area contributed by atoms with E-state index >= 15 is 0 Å². The third-order valence-electron chi connectivity index (χ3n) is 17.4. The smallest absolute Gasteiger partial charge is 0.306 e. The molecule has 0 aliphatic heterocycles. The van der Waals surface area contributed by atoms with Crippen molar-refractivity contribution < 1.29 is 28.6 Å². The van der Waals surface area contributed by atoms with E-state index in [1.807, 2.05) is 0 Å². The van der Waals surface area contributed by atoms with Crippen LogP contribution in [0.2, 0.25) is 0 Å². The van der Waals surface area contributed by atoms with Crippen LogP contribution >= 0.6 is 0 Å². The molecule has 0 saturated heterocycles. The third kappa shape index (κ3) is 67.2. The van der Waals surface area contributed by atoms with Gasteiger partial charge in [-0.25, -0.2) is 0 Å². The van der Waals surface area contributed by atoms with Gasteiger partial charge in [-0.15, -0.1) is 0 Å². The lowest BCUT2D eigenvalue weighted by Crippen LogP contribution is -2.30. The fourth-order valence-electron chi connectivity index (χ4n) is 11.8. The zero-order valence-electron chi connectivity index (χ0n) is 54.9. The number of carbonyl (C=O) groups excluding carboxylic acids is 3. The molecule has 0 aromatic rings. The molecule has 0 aromatic heterocycles. The minimum atomic E-state index is -0.763. The Morgan fingerprint density at radius 1 is 0.200 bits per heavy atom. The van der Waals surface area contributed by atoms with E-state index in [1.165, 1.54) is 340 Å². The van der Waals surface area contributed by atoms with Crippen LogP contribution in [0, 0.1) is 0 Å². The van der Waals surface area contributed by atoms with E-state index < -0.39 is 6.10 Å². The summed E-state index contributed by atoms with van der Waals surface area (Å²) in [6.45, 7) is 6.74. The monoisotopic (exact) mass is 1130 g/mol. The molecule has 6 nitrogen and oxygen atoms in total. The highest BCUT2D eigenvalue weighted by molar-refractivity contribution is 5.71. The summed E-state index contributed by atoms with van der Waals surface area (Å²) >= 11 is 0. The highest BCUT2D eigenvalue weighted by Gasteiger charge is 2.20. The number of ether oxygens (including phenoxy) is 3. The van der Waals surface area contributed by atoms with E-state index in [1.54, 1.807) is 0 Å². The maximum atomic E-state index is 12.9. The number of unbranched alkanes of at least 4 members (excludes halogenated alkanes) is 59. The molecule has 0 fully saturated rings. The molecule has 1 atom stereocenters. The fraction of sp³-hybridized carbons (Fsp3) is 0.959. The van der Waals surface area contributed by atoms with Gasteiger partial charge in [0, 0.05) is 19.3 Å². The van der Waals surface area contributed by atoms with Gasteiger partial charge in [-0.3, -0.25) is 14.4 Å². The van der Waals surface area contributed by atoms with Crippen LogP contribution in [0.15, 0.2) is 0 Å². The molecule has 0 aliphatic rings. The molecule has 0 rings (SSSR count). The number of hydrogen-bond acceptors (Lipinski definition) is 6. The van der Waals surface area contributed by atoms with Gasteiger partial charge in [-0.1, -0.05) is 400 Å². The summed E-state index contributed by atoms with van der Waals surface area (Å²) in [5.74, 6) is -0.819. The van der Waals surface area contributed by atoms with E-state index in [-0.39, 0.29) is 31.1 Å². The summed E-state index contributed by atoms with van der Waals surface area (Å²) in [4.78, 5) is 38.4. The first kappa shape index (κ1) is 78.4. The Labute approximate surface area is 501 Å². The van der Waals surface area contributed by atoms with Crippen molar-refractivity contribution in [1.82, 2.24) is 0 Å². The van der Waals surface area contributed by atoms with Gasteiger partial charge in [0.25, 0.3) is 0 Å². The summed E-state index contributed by atoms with van der Waals surface area (Å²) in [5.41, 5.74) is 0. The van der Waals surface area contributed by atoms with Crippen molar-refractivity contribution in [2.45, 2.75) is 444 Å². The Balaban J connectivity index is 4.10. The van der Waals surface area contributed by atoms with Gasteiger partial charge >= 0.3 is 17.9 Å². The summed E-state index contributed by atoms with van der Waals surface area (Å²) in [6.07, 6.45) is 83.0. The molecular weight excluding hydrogens is 985 g/mol. The summed E-state index contributed by atoms with van der Waals surface area (Å²) in [6, 6.07) is 0. The zero-order chi connectivity index (χ0) is 57.8. The summed E-state index contributed by atoms with van der Waals surface area (Å²) in [7, 11) is 0. The summed E-state index contributed by atoms with van der Waals surface area (Å²) in [5, 5.41) is 0. The minimum absolute atomic E-state index is 0.0601. The second-order valence-electron chi connectivity index (χ2n) is 25.6. The fourth-order valence-corrected chi connectivity index (χ4v) is 11.8. The van der Waals surface area contributed by atoms with Crippen LogP contribution in [0.4, 0.5) is 0 Å². The second-order valence-corrected chi connectivity index (χ2v) is 25.6. The molecule has 0 radical (unpaired) electrons.